The molecule has 4 heterocycles. The number of pyridine rings is 1. The Kier molecular flexibility index (Phi) is 5.93. The summed E-state index contributed by atoms with van der Waals surface area (Å²) in [6.07, 6.45) is 2.82. The van der Waals surface area contributed by atoms with Gasteiger partial charge >= 0.3 is 6.03 Å². The smallest absolute Gasteiger partial charge is 0.330 e. The molecule has 0 spiro atoms. The van der Waals surface area contributed by atoms with Crippen LogP contribution in [0.15, 0.2) is 41.5 Å². The summed E-state index contributed by atoms with van der Waals surface area (Å²) in [6.45, 7) is 10.7. The van der Waals surface area contributed by atoms with Gasteiger partial charge in [-0.1, -0.05) is 32.9 Å². The summed E-state index contributed by atoms with van der Waals surface area (Å²) in [6, 6.07) is 9.98. The zero-order valence-electron chi connectivity index (χ0n) is 20.5. The minimum absolute atomic E-state index is 0.0422. The number of morpholine rings is 1. The van der Waals surface area contributed by atoms with Crippen LogP contribution in [0.1, 0.15) is 38.4 Å². The number of aromatic nitrogens is 1. The number of rotatable bonds is 5. The maximum Gasteiger partial charge on any atom is 0.330 e. The normalized spacial score (nSPS) is 20.2. The Morgan fingerprint density at radius 3 is 2.56 bits per heavy atom. The van der Waals surface area contributed by atoms with Gasteiger partial charge in [0.2, 0.25) is 0 Å². The van der Waals surface area contributed by atoms with E-state index in [4.69, 9.17) is 19.5 Å². The summed E-state index contributed by atoms with van der Waals surface area (Å²) in [5.41, 5.74) is 3.76. The molecule has 180 valence electrons. The highest BCUT2D eigenvalue weighted by molar-refractivity contribution is 6.19. The van der Waals surface area contributed by atoms with Crippen molar-refractivity contribution < 1.29 is 14.3 Å². The first-order valence-corrected chi connectivity index (χ1v) is 12.0. The number of amidine groups is 1. The number of carbonyl (C=O) groups excluding carboxylic acids is 1. The van der Waals surface area contributed by atoms with E-state index in [1.165, 1.54) is 0 Å². The molecule has 5 rings (SSSR count). The zero-order valence-corrected chi connectivity index (χ0v) is 20.5. The second-order valence-electron chi connectivity index (χ2n) is 10.4. The van der Waals surface area contributed by atoms with Crippen LogP contribution in [0.3, 0.4) is 0 Å². The number of ether oxygens (including phenoxy) is 2. The standard InChI is InChI=1S/C26H33N5O3/c1-26(2,3)14-19-17-31-24(28-19)23-22(13-20(15-27-23)29-9-11-34-12-10-29)30(25(31)32)16-18-5-7-21(33-4)8-6-18/h5-8,13,15,19H,9-12,14,16-17H2,1-4H3. The Morgan fingerprint density at radius 1 is 1.15 bits per heavy atom. The van der Waals surface area contributed by atoms with Crippen molar-refractivity contribution in [3.05, 3.63) is 47.8 Å². The van der Waals surface area contributed by atoms with Gasteiger partial charge in [-0.05, 0) is 35.6 Å². The predicted octanol–water partition coefficient (Wildman–Crippen LogP) is 3.93. The van der Waals surface area contributed by atoms with Crippen LogP contribution in [0.5, 0.6) is 5.75 Å². The molecule has 0 aliphatic carbocycles. The average molecular weight is 464 g/mol. The van der Waals surface area contributed by atoms with E-state index in [1.807, 2.05) is 40.3 Å². The molecule has 2 aromatic rings. The maximum atomic E-state index is 13.8. The van der Waals surface area contributed by atoms with Crippen LogP contribution < -0.4 is 14.5 Å². The van der Waals surface area contributed by atoms with E-state index in [0.717, 1.165) is 47.9 Å². The van der Waals surface area contributed by atoms with Crippen LogP contribution >= 0.6 is 0 Å². The summed E-state index contributed by atoms with van der Waals surface area (Å²) in [5.74, 6) is 1.50. The molecule has 0 N–H and O–H groups in total. The number of fused-ring (bicyclic) bond motifs is 3. The van der Waals surface area contributed by atoms with Crippen molar-refractivity contribution in [2.75, 3.05) is 49.8 Å². The van der Waals surface area contributed by atoms with Crippen LogP contribution in [-0.2, 0) is 11.3 Å². The maximum absolute atomic E-state index is 13.8. The van der Waals surface area contributed by atoms with Gasteiger partial charge in [-0.3, -0.25) is 14.8 Å². The summed E-state index contributed by atoms with van der Waals surface area (Å²) in [5, 5.41) is 0. The molecule has 8 nitrogen and oxygen atoms in total. The number of hydrogen-bond acceptors (Lipinski definition) is 6. The van der Waals surface area contributed by atoms with Crippen LogP contribution in [0, 0.1) is 5.41 Å². The Morgan fingerprint density at radius 2 is 1.88 bits per heavy atom. The fourth-order valence-electron chi connectivity index (χ4n) is 4.89. The lowest BCUT2D eigenvalue weighted by molar-refractivity contribution is 0.122. The molecule has 34 heavy (non-hydrogen) atoms. The van der Waals surface area contributed by atoms with Gasteiger partial charge in [0.1, 0.15) is 11.4 Å². The Bertz CT molecular complexity index is 1090. The van der Waals surface area contributed by atoms with Gasteiger partial charge in [0.15, 0.2) is 5.84 Å². The third kappa shape index (κ3) is 4.46. The SMILES string of the molecule is COc1ccc(CN2C(=O)N3CC(CC(C)(C)C)N=C3c3ncc(N4CCOCC4)cc32)cc1. The molecule has 0 saturated carbocycles. The number of amides is 2. The van der Waals surface area contributed by atoms with Gasteiger partial charge in [0.05, 0.1) is 57.0 Å². The number of hydrogen-bond donors (Lipinski definition) is 0. The van der Waals surface area contributed by atoms with Crippen molar-refractivity contribution in [3.63, 3.8) is 0 Å². The number of aliphatic imine (C=N–C) groups is 1. The van der Waals surface area contributed by atoms with Crippen LogP contribution in [0.4, 0.5) is 16.2 Å². The first-order chi connectivity index (χ1) is 16.3. The van der Waals surface area contributed by atoms with Crippen molar-refractivity contribution in [1.82, 2.24) is 9.88 Å². The van der Waals surface area contributed by atoms with Gasteiger partial charge in [-0.2, -0.15) is 0 Å². The molecule has 1 saturated heterocycles. The van der Waals surface area contributed by atoms with Crippen LogP contribution in [-0.4, -0.2) is 67.8 Å². The number of nitrogens with zero attached hydrogens (tertiary/aromatic N) is 5. The fraction of sp³-hybridized carbons (Fsp3) is 0.500. The van der Waals surface area contributed by atoms with Crippen molar-refractivity contribution in [2.24, 2.45) is 10.4 Å². The summed E-state index contributed by atoms with van der Waals surface area (Å²) in [7, 11) is 1.65. The van der Waals surface area contributed by atoms with E-state index in [9.17, 15) is 4.79 Å². The van der Waals surface area contributed by atoms with Crippen LogP contribution in [0.2, 0.25) is 0 Å². The summed E-state index contributed by atoms with van der Waals surface area (Å²) < 4.78 is 10.8. The highest BCUT2D eigenvalue weighted by Crippen LogP contribution is 2.36. The second-order valence-corrected chi connectivity index (χ2v) is 10.4. The quantitative estimate of drug-likeness (QED) is 0.672. The second kappa shape index (κ2) is 8.91. The Labute approximate surface area is 201 Å². The molecule has 0 bridgehead atoms. The van der Waals surface area contributed by atoms with Crippen LogP contribution in [0.25, 0.3) is 0 Å². The minimum Gasteiger partial charge on any atom is -0.497 e. The van der Waals surface area contributed by atoms with Crippen molar-refractivity contribution in [2.45, 2.75) is 39.8 Å². The average Bonchev–Trinajstić information content (AvgIpc) is 3.25. The molecule has 1 aromatic carbocycles. The lowest BCUT2D eigenvalue weighted by atomic mass is 9.88. The van der Waals surface area contributed by atoms with Crippen molar-refractivity contribution in [3.8, 4) is 5.75 Å². The fourth-order valence-corrected chi connectivity index (χ4v) is 4.89. The van der Waals surface area contributed by atoms with E-state index in [-0.39, 0.29) is 17.5 Å². The van der Waals surface area contributed by atoms with E-state index in [1.54, 1.807) is 7.11 Å². The first-order valence-electron chi connectivity index (χ1n) is 12.0. The third-order valence-corrected chi connectivity index (χ3v) is 6.50. The molecule has 2 amide bonds. The molecular weight excluding hydrogens is 430 g/mol. The predicted molar refractivity (Wildman–Crippen MR) is 133 cm³/mol. The summed E-state index contributed by atoms with van der Waals surface area (Å²) >= 11 is 0. The molecule has 1 unspecified atom stereocenters. The van der Waals surface area contributed by atoms with Crippen molar-refractivity contribution >= 4 is 23.2 Å². The van der Waals surface area contributed by atoms with Gasteiger partial charge in [0, 0.05) is 13.1 Å². The lowest BCUT2D eigenvalue weighted by Crippen LogP contribution is -2.50. The van der Waals surface area contributed by atoms with E-state index in [0.29, 0.717) is 32.1 Å². The molecule has 3 aliphatic heterocycles. The zero-order chi connectivity index (χ0) is 23.9. The number of carbonyl (C=O) groups is 1. The number of urea groups is 1. The highest BCUT2D eigenvalue weighted by atomic mass is 16.5. The molecule has 1 aromatic heterocycles. The minimum atomic E-state index is -0.0422. The number of anilines is 2. The summed E-state index contributed by atoms with van der Waals surface area (Å²) in [4.78, 5) is 29.5. The van der Waals surface area contributed by atoms with E-state index < -0.39 is 0 Å². The first kappa shape index (κ1) is 22.7. The van der Waals surface area contributed by atoms with Gasteiger partial charge in [-0.15, -0.1) is 0 Å². The highest BCUT2D eigenvalue weighted by Gasteiger charge is 2.42. The molecule has 0 radical (unpaired) electrons. The lowest BCUT2D eigenvalue weighted by Gasteiger charge is -2.36. The Hall–Kier alpha value is -3.13. The Balaban J connectivity index is 1.52. The molecule has 1 fully saturated rings. The van der Waals surface area contributed by atoms with E-state index in [2.05, 4.69) is 31.7 Å². The molecule has 1 atom stereocenters. The number of benzene rings is 1. The molecular formula is C26H33N5O3. The molecule has 3 aliphatic rings. The van der Waals surface area contributed by atoms with E-state index >= 15 is 0 Å². The topological polar surface area (TPSA) is 70.5 Å². The van der Waals surface area contributed by atoms with Gasteiger partial charge in [0.25, 0.3) is 0 Å². The van der Waals surface area contributed by atoms with Gasteiger partial charge < -0.3 is 14.4 Å². The molecule has 8 heteroatoms. The monoisotopic (exact) mass is 463 g/mol. The number of methoxy groups -OCH3 is 1. The third-order valence-electron chi connectivity index (χ3n) is 6.50. The van der Waals surface area contributed by atoms with Crippen molar-refractivity contribution in [1.29, 1.82) is 0 Å². The largest absolute Gasteiger partial charge is 0.497 e. The van der Waals surface area contributed by atoms with Gasteiger partial charge in [-0.25, -0.2) is 9.78 Å².